The van der Waals surface area contributed by atoms with Crippen LogP contribution < -0.4 is 0 Å². The van der Waals surface area contributed by atoms with Gasteiger partial charge >= 0.3 is 5.97 Å². The number of hydrogen-bond acceptors (Lipinski definition) is 4. The molecule has 1 aliphatic carbocycles. The summed E-state index contributed by atoms with van der Waals surface area (Å²) in [4.78, 5) is 11.4. The maximum absolute atomic E-state index is 11.4. The summed E-state index contributed by atoms with van der Waals surface area (Å²) in [7, 11) is 0. The normalized spacial score (nSPS) is 25.4. The molecule has 0 spiro atoms. The lowest BCUT2D eigenvalue weighted by atomic mass is 9.84. The summed E-state index contributed by atoms with van der Waals surface area (Å²) in [6.45, 7) is 4.30. The van der Waals surface area contributed by atoms with Crippen LogP contribution in [0.1, 0.15) is 81.9 Å². The number of carbonyl (C=O) groups is 1. The third kappa shape index (κ3) is 7.13. The van der Waals surface area contributed by atoms with Crippen LogP contribution in [-0.4, -0.2) is 34.3 Å². The smallest absolute Gasteiger partial charge is 0.305 e. The van der Waals surface area contributed by atoms with Crippen LogP contribution in [0, 0.1) is 5.92 Å². The zero-order valence-electron chi connectivity index (χ0n) is 17.6. The summed E-state index contributed by atoms with van der Waals surface area (Å²) < 4.78 is 4.93. The van der Waals surface area contributed by atoms with Gasteiger partial charge < -0.3 is 14.9 Å². The molecule has 1 unspecified atom stereocenters. The molecular weight excluding hydrogens is 388 g/mol. The maximum atomic E-state index is 11.4. The van der Waals surface area contributed by atoms with E-state index in [0.29, 0.717) is 19.4 Å². The molecular formula is C24H35ClO4. The highest BCUT2D eigenvalue weighted by Crippen LogP contribution is 2.45. The van der Waals surface area contributed by atoms with Crippen LogP contribution in [-0.2, 0) is 9.53 Å². The van der Waals surface area contributed by atoms with Crippen molar-refractivity contribution in [3.05, 3.63) is 47.5 Å². The molecule has 0 amide bonds. The summed E-state index contributed by atoms with van der Waals surface area (Å²) in [6, 6.07) is 7.97. The van der Waals surface area contributed by atoms with Gasteiger partial charge in [-0.05, 0) is 56.1 Å². The average molecular weight is 423 g/mol. The molecule has 1 fully saturated rings. The molecule has 0 aromatic heterocycles. The summed E-state index contributed by atoms with van der Waals surface area (Å²) in [5.41, 5.74) is 2.00. The number of alkyl halides is 1. The van der Waals surface area contributed by atoms with Crippen molar-refractivity contribution in [3.63, 3.8) is 0 Å². The quantitative estimate of drug-likeness (QED) is 0.220. The Labute approximate surface area is 179 Å². The monoisotopic (exact) mass is 422 g/mol. The number of ether oxygens (including phenoxy) is 1. The van der Waals surface area contributed by atoms with Crippen LogP contribution in [0.3, 0.4) is 0 Å². The van der Waals surface area contributed by atoms with E-state index < -0.39 is 12.2 Å². The lowest BCUT2D eigenvalue weighted by molar-refractivity contribution is -0.143. The molecule has 1 aromatic carbocycles. The molecule has 0 aliphatic heterocycles. The van der Waals surface area contributed by atoms with Crippen molar-refractivity contribution < 1.29 is 19.7 Å². The highest BCUT2D eigenvalue weighted by molar-refractivity contribution is 6.21. The van der Waals surface area contributed by atoms with Gasteiger partial charge in [0.2, 0.25) is 0 Å². The fourth-order valence-corrected chi connectivity index (χ4v) is 4.62. The van der Waals surface area contributed by atoms with Gasteiger partial charge in [0.1, 0.15) is 0 Å². The fraction of sp³-hybridized carbons (Fsp3) is 0.625. The van der Waals surface area contributed by atoms with Gasteiger partial charge in [-0.1, -0.05) is 49.8 Å². The minimum absolute atomic E-state index is 0.000880. The summed E-state index contributed by atoms with van der Waals surface area (Å²) in [5.74, 6) is 0.0200. The molecule has 0 bridgehead atoms. The number of rotatable bonds is 11. The van der Waals surface area contributed by atoms with E-state index in [1.54, 1.807) is 0 Å². The van der Waals surface area contributed by atoms with Crippen molar-refractivity contribution >= 4 is 17.6 Å². The Morgan fingerprint density at radius 1 is 1.28 bits per heavy atom. The van der Waals surface area contributed by atoms with Crippen molar-refractivity contribution in [3.8, 4) is 0 Å². The second kappa shape index (κ2) is 12.4. The standard InChI is InChI=1S/C24H35ClO4/c1-3-9-21(26)17-12-14-18(15-13-17)24-19(20(25)16-22(24)27)10-7-5-6-8-11-23(28)29-4-2/h5,7,12-15,19-22,24,26-27H,3-4,6,8-11,16H2,1-2H3/b7-5-/t19-,20-,21?,22+,24+/m0/s1. The molecule has 5 atom stereocenters. The molecule has 0 radical (unpaired) electrons. The largest absolute Gasteiger partial charge is 0.466 e. The van der Waals surface area contributed by atoms with E-state index in [2.05, 4.69) is 19.1 Å². The van der Waals surface area contributed by atoms with Gasteiger partial charge in [-0.25, -0.2) is 0 Å². The molecule has 2 rings (SSSR count). The van der Waals surface area contributed by atoms with Gasteiger partial charge in [-0.15, -0.1) is 11.6 Å². The van der Waals surface area contributed by atoms with Gasteiger partial charge in [0.15, 0.2) is 0 Å². The van der Waals surface area contributed by atoms with Crippen LogP contribution in [0.15, 0.2) is 36.4 Å². The Kier molecular flexibility index (Phi) is 10.2. The van der Waals surface area contributed by atoms with E-state index in [-0.39, 0.29) is 23.2 Å². The first kappa shape index (κ1) is 23.9. The van der Waals surface area contributed by atoms with Crippen molar-refractivity contribution in [2.75, 3.05) is 6.61 Å². The van der Waals surface area contributed by atoms with Crippen molar-refractivity contribution in [2.24, 2.45) is 5.92 Å². The predicted octanol–water partition coefficient (Wildman–Crippen LogP) is 5.27. The molecule has 162 valence electrons. The number of unbranched alkanes of at least 4 members (excludes halogenated alkanes) is 1. The van der Waals surface area contributed by atoms with E-state index >= 15 is 0 Å². The van der Waals surface area contributed by atoms with E-state index in [1.165, 1.54) is 0 Å². The zero-order valence-corrected chi connectivity index (χ0v) is 18.4. The number of aliphatic hydroxyl groups excluding tert-OH is 2. The third-order valence-corrected chi connectivity index (χ3v) is 6.21. The number of benzene rings is 1. The molecule has 1 saturated carbocycles. The van der Waals surface area contributed by atoms with Gasteiger partial charge in [0, 0.05) is 17.7 Å². The molecule has 1 aromatic rings. The topological polar surface area (TPSA) is 66.8 Å². The van der Waals surface area contributed by atoms with E-state index in [9.17, 15) is 15.0 Å². The Balaban J connectivity index is 1.93. The second-order valence-corrected chi connectivity index (χ2v) is 8.44. The van der Waals surface area contributed by atoms with Crippen LogP contribution >= 0.6 is 11.6 Å². The molecule has 4 nitrogen and oxygen atoms in total. The Morgan fingerprint density at radius 3 is 2.66 bits per heavy atom. The van der Waals surface area contributed by atoms with Gasteiger partial charge in [0.25, 0.3) is 0 Å². The maximum Gasteiger partial charge on any atom is 0.305 e. The average Bonchev–Trinajstić information content (AvgIpc) is 2.98. The zero-order chi connectivity index (χ0) is 21.2. The molecule has 5 heteroatoms. The number of hydrogen-bond donors (Lipinski definition) is 2. The number of aliphatic hydroxyl groups is 2. The molecule has 0 saturated heterocycles. The summed E-state index contributed by atoms with van der Waals surface area (Å²) in [6.07, 6.45) is 8.45. The van der Waals surface area contributed by atoms with Crippen molar-refractivity contribution in [1.82, 2.24) is 0 Å². The predicted molar refractivity (Wildman–Crippen MR) is 117 cm³/mol. The van der Waals surface area contributed by atoms with Gasteiger partial charge in [-0.3, -0.25) is 4.79 Å². The lowest BCUT2D eigenvalue weighted by Gasteiger charge is -2.23. The number of allylic oxidation sites excluding steroid dienone is 2. The van der Waals surface area contributed by atoms with Crippen LogP contribution in [0.4, 0.5) is 0 Å². The minimum atomic E-state index is -0.453. The highest BCUT2D eigenvalue weighted by Gasteiger charge is 2.41. The number of halogens is 1. The second-order valence-electron chi connectivity index (χ2n) is 7.88. The first-order chi connectivity index (χ1) is 14.0. The highest BCUT2D eigenvalue weighted by atomic mass is 35.5. The molecule has 2 N–H and O–H groups in total. The lowest BCUT2D eigenvalue weighted by Crippen LogP contribution is -2.18. The fourth-order valence-electron chi connectivity index (χ4n) is 4.18. The van der Waals surface area contributed by atoms with E-state index in [4.69, 9.17) is 16.3 Å². The number of esters is 1. The van der Waals surface area contributed by atoms with Gasteiger partial charge in [0.05, 0.1) is 18.8 Å². The Morgan fingerprint density at radius 2 is 2.00 bits per heavy atom. The molecule has 29 heavy (non-hydrogen) atoms. The van der Waals surface area contributed by atoms with E-state index in [1.807, 2.05) is 31.2 Å². The SMILES string of the molecule is CCCC(O)c1ccc([C@@H]2[C@@H](C/C=C\CCCC(=O)OCC)[C@@H](Cl)C[C@H]2O)cc1. The molecule has 0 heterocycles. The van der Waals surface area contributed by atoms with Crippen LogP contribution in [0.5, 0.6) is 0 Å². The van der Waals surface area contributed by atoms with Crippen LogP contribution in [0.25, 0.3) is 0 Å². The first-order valence-corrected chi connectivity index (χ1v) is 11.3. The molecule has 1 aliphatic rings. The van der Waals surface area contributed by atoms with E-state index in [0.717, 1.165) is 43.2 Å². The van der Waals surface area contributed by atoms with Crippen molar-refractivity contribution in [2.45, 2.75) is 82.3 Å². The van der Waals surface area contributed by atoms with Crippen molar-refractivity contribution in [1.29, 1.82) is 0 Å². The first-order valence-electron chi connectivity index (χ1n) is 10.9. The Hall–Kier alpha value is -1.36. The van der Waals surface area contributed by atoms with Gasteiger partial charge in [-0.2, -0.15) is 0 Å². The Bertz CT molecular complexity index is 643. The third-order valence-electron chi connectivity index (χ3n) is 5.71. The van der Waals surface area contributed by atoms with Crippen LogP contribution in [0.2, 0.25) is 0 Å². The number of carbonyl (C=O) groups excluding carboxylic acids is 1. The minimum Gasteiger partial charge on any atom is -0.466 e. The summed E-state index contributed by atoms with van der Waals surface area (Å²) in [5, 5.41) is 20.7. The summed E-state index contributed by atoms with van der Waals surface area (Å²) >= 11 is 6.56.